The first-order chi connectivity index (χ1) is 12.3. The SMILES string of the molecule is C=CCOc1ccccc1C(=O)N(c1ccccc1)c1ccccc1. The summed E-state index contributed by atoms with van der Waals surface area (Å²) in [5.41, 5.74) is 2.12. The third-order valence-corrected chi connectivity index (χ3v) is 3.71. The van der Waals surface area contributed by atoms with Crippen molar-refractivity contribution in [3.63, 3.8) is 0 Å². The Morgan fingerprint density at radius 3 is 1.92 bits per heavy atom. The van der Waals surface area contributed by atoms with Gasteiger partial charge in [0.05, 0.1) is 5.56 Å². The minimum absolute atomic E-state index is 0.142. The number of para-hydroxylation sites is 3. The van der Waals surface area contributed by atoms with Crippen LogP contribution in [0.3, 0.4) is 0 Å². The molecule has 0 aliphatic rings. The Morgan fingerprint density at radius 1 is 0.840 bits per heavy atom. The Balaban J connectivity index is 2.06. The van der Waals surface area contributed by atoms with E-state index in [0.717, 1.165) is 11.4 Å². The van der Waals surface area contributed by atoms with E-state index < -0.39 is 0 Å². The predicted molar refractivity (Wildman–Crippen MR) is 101 cm³/mol. The van der Waals surface area contributed by atoms with E-state index in [0.29, 0.717) is 17.9 Å². The maximum Gasteiger partial charge on any atom is 0.266 e. The van der Waals surface area contributed by atoms with Crippen LogP contribution in [-0.4, -0.2) is 12.5 Å². The molecular formula is C22H19NO2. The minimum Gasteiger partial charge on any atom is -0.489 e. The lowest BCUT2D eigenvalue weighted by Gasteiger charge is -2.24. The van der Waals surface area contributed by atoms with Crippen molar-refractivity contribution < 1.29 is 9.53 Å². The summed E-state index contributed by atoms with van der Waals surface area (Å²) in [7, 11) is 0. The molecule has 0 fully saturated rings. The molecule has 3 heteroatoms. The Labute approximate surface area is 147 Å². The highest BCUT2D eigenvalue weighted by molar-refractivity contribution is 6.12. The zero-order chi connectivity index (χ0) is 17.5. The average molecular weight is 329 g/mol. The Kier molecular flexibility index (Phi) is 5.27. The van der Waals surface area contributed by atoms with Gasteiger partial charge in [-0.3, -0.25) is 9.69 Å². The van der Waals surface area contributed by atoms with Crippen LogP contribution in [-0.2, 0) is 0 Å². The van der Waals surface area contributed by atoms with Crippen molar-refractivity contribution >= 4 is 17.3 Å². The number of ether oxygens (including phenoxy) is 1. The third kappa shape index (κ3) is 3.78. The second-order valence-electron chi connectivity index (χ2n) is 5.41. The standard InChI is InChI=1S/C22H19NO2/c1-2-17-25-21-16-10-9-15-20(21)22(24)23(18-11-5-3-6-12-18)19-13-7-4-8-14-19/h2-16H,1,17H2. The normalized spacial score (nSPS) is 10.1. The van der Waals surface area contributed by atoms with Gasteiger partial charge in [0.2, 0.25) is 0 Å². The summed E-state index contributed by atoms with van der Waals surface area (Å²) in [6.07, 6.45) is 1.66. The number of rotatable bonds is 6. The molecule has 0 saturated heterocycles. The monoisotopic (exact) mass is 329 g/mol. The topological polar surface area (TPSA) is 29.5 Å². The van der Waals surface area contributed by atoms with Gasteiger partial charge >= 0.3 is 0 Å². The fourth-order valence-corrected chi connectivity index (χ4v) is 2.58. The van der Waals surface area contributed by atoms with Gasteiger partial charge in [-0.05, 0) is 36.4 Å². The summed E-state index contributed by atoms with van der Waals surface area (Å²) in [5, 5.41) is 0. The molecule has 0 unspecified atom stereocenters. The van der Waals surface area contributed by atoms with Crippen molar-refractivity contribution in [2.75, 3.05) is 11.5 Å². The zero-order valence-electron chi connectivity index (χ0n) is 13.8. The van der Waals surface area contributed by atoms with Gasteiger partial charge in [0, 0.05) is 11.4 Å². The first-order valence-corrected chi connectivity index (χ1v) is 8.08. The van der Waals surface area contributed by atoms with Gasteiger partial charge in [-0.15, -0.1) is 0 Å². The number of hydrogen-bond acceptors (Lipinski definition) is 2. The van der Waals surface area contributed by atoms with Crippen molar-refractivity contribution in [1.29, 1.82) is 0 Å². The number of amides is 1. The van der Waals surface area contributed by atoms with Crippen LogP contribution in [0.4, 0.5) is 11.4 Å². The molecule has 124 valence electrons. The van der Waals surface area contributed by atoms with Gasteiger partial charge in [-0.25, -0.2) is 0 Å². The molecule has 3 aromatic rings. The Morgan fingerprint density at radius 2 is 1.36 bits per heavy atom. The van der Waals surface area contributed by atoms with Gasteiger partial charge in [0.15, 0.2) is 0 Å². The fourth-order valence-electron chi connectivity index (χ4n) is 2.58. The number of carbonyl (C=O) groups excluding carboxylic acids is 1. The van der Waals surface area contributed by atoms with E-state index >= 15 is 0 Å². The number of anilines is 2. The summed E-state index contributed by atoms with van der Waals surface area (Å²) in [5.74, 6) is 0.404. The summed E-state index contributed by atoms with van der Waals surface area (Å²) in [4.78, 5) is 15.0. The fraction of sp³-hybridized carbons (Fsp3) is 0.0455. The molecular weight excluding hydrogens is 310 g/mol. The van der Waals surface area contributed by atoms with Gasteiger partial charge < -0.3 is 4.74 Å². The maximum atomic E-state index is 13.3. The molecule has 0 atom stereocenters. The van der Waals surface area contributed by atoms with Crippen LogP contribution in [0.1, 0.15) is 10.4 Å². The van der Waals surface area contributed by atoms with Crippen LogP contribution < -0.4 is 9.64 Å². The smallest absolute Gasteiger partial charge is 0.266 e. The average Bonchev–Trinajstić information content (AvgIpc) is 2.68. The second-order valence-corrected chi connectivity index (χ2v) is 5.41. The molecule has 0 aliphatic carbocycles. The van der Waals surface area contributed by atoms with Crippen LogP contribution in [0.15, 0.2) is 97.6 Å². The van der Waals surface area contributed by atoms with Crippen molar-refractivity contribution in [1.82, 2.24) is 0 Å². The molecule has 0 bridgehead atoms. The van der Waals surface area contributed by atoms with Gasteiger partial charge in [0.25, 0.3) is 5.91 Å². The molecule has 25 heavy (non-hydrogen) atoms. The van der Waals surface area contributed by atoms with Gasteiger partial charge in [0.1, 0.15) is 12.4 Å². The van der Waals surface area contributed by atoms with Crippen LogP contribution in [0.25, 0.3) is 0 Å². The molecule has 0 aliphatic heterocycles. The highest BCUT2D eigenvalue weighted by atomic mass is 16.5. The summed E-state index contributed by atoms with van der Waals surface area (Å²) in [6.45, 7) is 4.01. The van der Waals surface area contributed by atoms with E-state index in [-0.39, 0.29) is 5.91 Å². The van der Waals surface area contributed by atoms with Crippen LogP contribution in [0, 0.1) is 0 Å². The lowest BCUT2D eigenvalue weighted by atomic mass is 10.1. The number of carbonyl (C=O) groups is 1. The first-order valence-electron chi connectivity index (χ1n) is 8.08. The minimum atomic E-state index is -0.142. The van der Waals surface area contributed by atoms with Crippen LogP contribution in [0.5, 0.6) is 5.75 Å². The summed E-state index contributed by atoms with van der Waals surface area (Å²) >= 11 is 0. The van der Waals surface area contributed by atoms with Gasteiger partial charge in [-0.2, -0.15) is 0 Å². The van der Waals surface area contributed by atoms with E-state index in [1.54, 1.807) is 23.1 Å². The molecule has 0 aromatic heterocycles. The van der Waals surface area contributed by atoms with E-state index in [2.05, 4.69) is 6.58 Å². The molecule has 3 aromatic carbocycles. The zero-order valence-corrected chi connectivity index (χ0v) is 13.8. The molecule has 3 nitrogen and oxygen atoms in total. The molecule has 0 radical (unpaired) electrons. The Bertz CT molecular complexity index is 805. The van der Waals surface area contributed by atoms with Gasteiger partial charge in [-0.1, -0.05) is 61.2 Å². The van der Waals surface area contributed by atoms with Crippen molar-refractivity contribution in [2.45, 2.75) is 0 Å². The molecule has 0 spiro atoms. The highest BCUT2D eigenvalue weighted by Crippen LogP contribution is 2.30. The van der Waals surface area contributed by atoms with E-state index in [1.165, 1.54) is 0 Å². The van der Waals surface area contributed by atoms with E-state index in [4.69, 9.17) is 4.74 Å². The summed E-state index contributed by atoms with van der Waals surface area (Å²) < 4.78 is 5.66. The van der Waals surface area contributed by atoms with Crippen molar-refractivity contribution in [2.24, 2.45) is 0 Å². The lowest BCUT2D eigenvalue weighted by Crippen LogP contribution is -2.26. The van der Waals surface area contributed by atoms with Crippen LogP contribution >= 0.6 is 0 Å². The van der Waals surface area contributed by atoms with Crippen LogP contribution in [0.2, 0.25) is 0 Å². The quantitative estimate of drug-likeness (QED) is 0.580. The number of benzene rings is 3. The largest absolute Gasteiger partial charge is 0.489 e. The first kappa shape index (κ1) is 16.5. The molecule has 3 rings (SSSR count). The highest BCUT2D eigenvalue weighted by Gasteiger charge is 2.22. The van der Waals surface area contributed by atoms with E-state index in [1.807, 2.05) is 72.8 Å². The Hall–Kier alpha value is -3.33. The molecule has 0 heterocycles. The molecule has 1 amide bonds. The molecule has 0 saturated carbocycles. The van der Waals surface area contributed by atoms with E-state index in [9.17, 15) is 4.79 Å². The third-order valence-electron chi connectivity index (χ3n) is 3.71. The molecule has 0 N–H and O–H groups in total. The predicted octanol–water partition coefficient (Wildman–Crippen LogP) is 5.23. The maximum absolute atomic E-state index is 13.3. The second kappa shape index (κ2) is 7.97. The number of hydrogen-bond donors (Lipinski definition) is 0. The van der Waals surface area contributed by atoms with Crippen molar-refractivity contribution in [3.8, 4) is 5.75 Å². The lowest BCUT2D eigenvalue weighted by molar-refractivity contribution is 0.0996. The summed E-state index contributed by atoms with van der Waals surface area (Å²) in [6, 6.07) is 26.4. The van der Waals surface area contributed by atoms with Crippen molar-refractivity contribution in [3.05, 3.63) is 103 Å². The number of nitrogens with zero attached hydrogens (tertiary/aromatic N) is 1.